The lowest BCUT2D eigenvalue weighted by Crippen LogP contribution is -2.31. The zero-order valence-corrected chi connectivity index (χ0v) is 19.8. The van der Waals surface area contributed by atoms with E-state index in [4.69, 9.17) is 11.6 Å². The van der Waals surface area contributed by atoms with Crippen molar-refractivity contribution in [2.45, 2.75) is 19.1 Å². The molecule has 0 saturated heterocycles. The van der Waals surface area contributed by atoms with Gasteiger partial charge in [-0.25, -0.2) is 9.97 Å². The van der Waals surface area contributed by atoms with Crippen LogP contribution in [0.5, 0.6) is 0 Å². The molecule has 8 nitrogen and oxygen atoms in total. The molecule has 3 aromatic heterocycles. The van der Waals surface area contributed by atoms with Crippen LogP contribution in [0.25, 0.3) is 11.1 Å². The molecule has 186 valence electrons. The van der Waals surface area contributed by atoms with E-state index in [1.807, 2.05) is 6.07 Å². The van der Waals surface area contributed by atoms with E-state index in [0.717, 1.165) is 11.8 Å². The second-order valence-electron chi connectivity index (χ2n) is 8.22. The van der Waals surface area contributed by atoms with Crippen molar-refractivity contribution in [3.05, 3.63) is 82.9 Å². The number of carbonyl (C=O) groups excluding carboxylic acids is 1. The van der Waals surface area contributed by atoms with Gasteiger partial charge in [-0.2, -0.15) is 15.0 Å². The lowest BCUT2D eigenvalue weighted by Gasteiger charge is -2.19. The summed E-state index contributed by atoms with van der Waals surface area (Å²) in [6.45, 7) is 0.411. The summed E-state index contributed by atoms with van der Waals surface area (Å²) in [5.74, 6) is -0.311. The van der Waals surface area contributed by atoms with Crippen molar-refractivity contribution < 1.29 is 18.0 Å². The number of halogens is 4. The number of fused-ring (bicyclic) bond motifs is 1. The molecule has 0 radical (unpaired) electrons. The minimum atomic E-state index is -4.68. The van der Waals surface area contributed by atoms with Gasteiger partial charge in [0.2, 0.25) is 5.91 Å². The van der Waals surface area contributed by atoms with Crippen LogP contribution in [0.2, 0.25) is 5.15 Å². The molecule has 0 bridgehead atoms. The molecule has 12 heteroatoms. The summed E-state index contributed by atoms with van der Waals surface area (Å²) in [7, 11) is 0. The molecule has 0 saturated carbocycles. The fraction of sp³-hybridized carbons (Fsp3) is 0.160. The first-order valence-electron chi connectivity index (χ1n) is 11.1. The maximum atomic E-state index is 13.1. The van der Waals surface area contributed by atoms with Gasteiger partial charge in [-0.1, -0.05) is 17.7 Å². The smallest absolute Gasteiger partial charge is 0.325 e. The number of pyridine rings is 2. The van der Waals surface area contributed by atoms with Gasteiger partial charge in [-0.15, -0.1) is 13.2 Å². The number of amides is 1. The topological polar surface area (TPSA) is 99.7 Å². The first kappa shape index (κ1) is 24.3. The van der Waals surface area contributed by atoms with Crippen molar-refractivity contribution in [2.75, 3.05) is 16.8 Å². The molecule has 1 amide bonds. The number of carbonyl (C=O) groups is 1. The second kappa shape index (κ2) is 9.55. The van der Waals surface area contributed by atoms with E-state index in [1.54, 1.807) is 41.4 Å². The number of aromatic nitrogens is 4. The lowest BCUT2D eigenvalue weighted by molar-refractivity contribution is -0.210. The molecule has 1 aromatic carbocycles. The third kappa shape index (κ3) is 4.83. The monoisotopic (exact) mass is 523 g/mol. The lowest BCUT2D eigenvalue weighted by atomic mass is 9.98. The van der Waals surface area contributed by atoms with Crippen molar-refractivity contribution in [3.63, 3.8) is 0 Å². The van der Waals surface area contributed by atoms with Gasteiger partial charge in [0.25, 0.3) is 0 Å². The molecule has 0 atom stereocenters. The van der Waals surface area contributed by atoms with Crippen LogP contribution in [0.1, 0.15) is 16.7 Å². The summed E-state index contributed by atoms with van der Waals surface area (Å²) in [4.78, 5) is 22.8. The highest BCUT2D eigenvalue weighted by atomic mass is 35.5. The summed E-state index contributed by atoms with van der Waals surface area (Å²) in [5, 5.41) is 16.1. The maximum Gasteiger partial charge on any atom is 0.506 e. The molecule has 1 aliphatic rings. The molecule has 0 fully saturated rings. The van der Waals surface area contributed by atoms with Crippen LogP contribution >= 0.6 is 11.6 Å². The third-order valence-electron chi connectivity index (χ3n) is 5.90. The van der Waals surface area contributed by atoms with E-state index < -0.39 is 6.30 Å². The number of nitrogens with zero attached hydrogens (tertiary/aromatic N) is 6. The second-order valence-corrected chi connectivity index (χ2v) is 8.58. The van der Waals surface area contributed by atoms with Gasteiger partial charge in [0, 0.05) is 25.0 Å². The Morgan fingerprint density at radius 1 is 1.11 bits per heavy atom. The molecule has 5 rings (SSSR count). The van der Waals surface area contributed by atoms with Crippen LogP contribution in [-0.4, -0.2) is 32.2 Å². The summed E-state index contributed by atoms with van der Waals surface area (Å²) in [6.07, 6.45) is -0.0518. The highest BCUT2D eigenvalue weighted by Gasteiger charge is 2.34. The first-order valence-corrected chi connectivity index (χ1v) is 11.4. The molecule has 4 aromatic rings. The van der Waals surface area contributed by atoms with Gasteiger partial charge in [0.05, 0.1) is 23.9 Å². The van der Waals surface area contributed by atoms with Crippen molar-refractivity contribution in [2.24, 2.45) is 0 Å². The van der Waals surface area contributed by atoms with Crippen LogP contribution in [0.3, 0.4) is 0 Å². The molecule has 1 N–H and O–H groups in total. The minimum Gasteiger partial charge on any atom is -0.325 e. The van der Waals surface area contributed by atoms with Gasteiger partial charge in [0.15, 0.2) is 0 Å². The number of alkyl halides is 3. The predicted octanol–water partition coefficient (Wildman–Crippen LogP) is 5.22. The number of nitriles is 1. The normalized spacial score (nSPS) is 12.8. The van der Waals surface area contributed by atoms with E-state index in [-0.39, 0.29) is 33.8 Å². The van der Waals surface area contributed by atoms with Crippen molar-refractivity contribution >= 4 is 34.8 Å². The quantitative estimate of drug-likeness (QED) is 0.360. The van der Waals surface area contributed by atoms with Crippen molar-refractivity contribution in [3.8, 4) is 17.2 Å². The van der Waals surface area contributed by atoms with Crippen LogP contribution < -0.4 is 10.2 Å². The van der Waals surface area contributed by atoms with E-state index in [1.165, 1.54) is 12.3 Å². The van der Waals surface area contributed by atoms with Gasteiger partial charge >= 0.3 is 6.30 Å². The van der Waals surface area contributed by atoms with Crippen LogP contribution in [0, 0.1) is 11.3 Å². The highest BCUT2D eigenvalue weighted by Crippen LogP contribution is 2.37. The third-order valence-corrected chi connectivity index (χ3v) is 6.24. The molecular formula is C25H17ClF3N7O. The van der Waals surface area contributed by atoms with E-state index in [2.05, 4.69) is 26.5 Å². The summed E-state index contributed by atoms with van der Waals surface area (Å²) < 4.78 is 39.3. The average Bonchev–Trinajstić information content (AvgIpc) is 3.52. The summed E-state index contributed by atoms with van der Waals surface area (Å²) in [5.41, 5.74) is 3.61. The summed E-state index contributed by atoms with van der Waals surface area (Å²) >= 11 is 6.11. The Morgan fingerprint density at radius 2 is 1.95 bits per heavy atom. The van der Waals surface area contributed by atoms with Gasteiger partial charge in [0.1, 0.15) is 22.9 Å². The molecule has 4 heterocycles. The standard InChI is InChI=1S/C25H17ClF3N7O/c26-24-17(2-1-6-32-24)13-22(37)35-9-5-16-10-18(11-19(14-30)23(16)35)15-3-7-31-20(12-15)34-21-4-8-33-36(21)25(27,28)29/h1-4,6-8,10-12H,5,9,13H2,(H,31,34). The fourth-order valence-electron chi connectivity index (χ4n) is 4.27. The fourth-order valence-corrected chi connectivity index (χ4v) is 4.45. The van der Waals surface area contributed by atoms with Crippen molar-refractivity contribution in [1.82, 2.24) is 19.7 Å². The zero-order chi connectivity index (χ0) is 26.2. The predicted molar refractivity (Wildman–Crippen MR) is 130 cm³/mol. The molecule has 37 heavy (non-hydrogen) atoms. The Bertz CT molecular complexity index is 1540. The Morgan fingerprint density at radius 3 is 2.70 bits per heavy atom. The Balaban J connectivity index is 1.43. The number of benzene rings is 1. The van der Waals surface area contributed by atoms with Crippen LogP contribution in [0.4, 0.5) is 30.5 Å². The van der Waals surface area contributed by atoms with E-state index in [0.29, 0.717) is 40.9 Å². The largest absolute Gasteiger partial charge is 0.506 e. The highest BCUT2D eigenvalue weighted by molar-refractivity contribution is 6.30. The van der Waals surface area contributed by atoms with Crippen molar-refractivity contribution in [1.29, 1.82) is 5.26 Å². The molecule has 1 aliphatic heterocycles. The zero-order valence-electron chi connectivity index (χ0n) is 19.0. The van der Waals surface area contributed by atoms with Gasteiger partial charge < -0.3 is 10.2 Å². The summed E-state index contributed by atoms with van der Waals surface area (Å²) in [6, 6.07) is 13.6. The number of rotatable bonds is 5. The van der Waals surface area contributed by atoms with Crippen LogP contribution in [-0.2, 0) is 23.9 Å². The number of nitrogens with one attached hydrogen (secondary N) is 1. The molecule has 0 aliphatic carbocycles. The number of anilines is 3. The molecule has 0 spiro atoms. The Labute approximate surface area is 213 Å². The Hall–Kier alpha value is -4.43. The number of hydrogen-bond donors (Lipinski definition) is 1. The molecule has 0 unspecified atom stereocenters. The molecular weight excluding hydrogens is 507 g/mol. The van der Waals surface area contributed by atoms with Gasteiger partial charge in [-0.05, 0) is 59.0 Å². The van der Waals surface area contributed by atoms with Gasteiger partial charge in [-0.3, -0.25) is 4.79 Å². The maximum absolute atomic E-state index is 13.1. The Kier molecular flexibility index (Phi) is 6.27. The first-order chi connectivity index (χ1) is 17.7. The average molecular weight is 524 g/mol. The van der Waals surface area contributed by atoms with E-state index in [9.17, 15) is 23.2 Å². The minimum absolute atomic E-state index is 0.0482. The van der Waals surface area contributed by atoms with E-state index >= 15 is 0 Å². The SMILES string of the molecule is N#Cc1cc(-c2ccnc(Nc3ccnn3C(F)(F)F)c2)cc2c1N(C(=O)Cc1cccnc1Cl)CC2. The van der Waals surface area contributed by atoms with Crippen LogP contribution in [0.15, 0.2) is 61.1 Å². The number of hydrogen-bond acceptors (Lipinski definition) is 6.